The number of benzene rings is 1. The van der Waals surface area contributed by atoms with Gasteiger partial charge in [0.2, 0.25) is 5.91 Å². The van der Waals surface area contributed by atoms with Crippen LogP contribution in [0.2, 0.25) is 0 Å². The second-order valence-corrected chi connectivity index (χ2v) is 5.72. The number of aromatic nitrogens is 1. The molecule has 2 aromatic rings. The second kappa shape index (κ2) is 7.07. The predicted octanol–water partition coefficient (Wildman–Crippen LogP) is 2.89. The fraction of sp³-hybridized carbons (Fsp3) is 0.333. The van der Waals surface area contributed by atoms with E-state index < -0.39 is 0 Å². The Morgan fingerprint density at radius 2 is 2.14 bits per heavy atom. The lowest BCUT2D eigenvalue weighted by Gasteiger charge is -2.08. The first-order valence-corrected chi connectivity index (χ1v) is 7.54. The summed E-state index contributed by atoms with van der Waals surface area (Å²) in [5, 5.41) is 3.72. The number of carbonyl (C=O) groups is 1. The van der Waals surface area contributed by atoms with Gasteiger partial charge in [0, 0.05) is 24.0 Å². The smallest absolute Gasteiger partial charge is 0.251 e. The number of nitrogens with one attached hydrogen (secondary N) is 2. The number of pyridine rings is 1. The van der Waals surface area contributed by atoms with Crippen molar-refractivity contribution in [2.75, 3.05) is 6.54 Å². The van der Waals surface area contributed by atoms with Crippen LogP contribution < -0.4 is 10.9 Å². The fourth-order valence-corrected chi connectivity index (χ4v) is 2.34. The number of carbonyl (C=O) groups excluding carboxylic acids is 1. The van der Waals surface area contributed by atoms with Gasteiger partial charge < -0.3 is 10.3 Å². The molecule has 0 saturated heterocycles. The van der Waals surface area contributed by atoms with Crippen LogP contribution in [0.15, 0.2) is 41.7 Å². The molecule has 4 heteroatoms. The molecule has 0 radical (unpaired) electrons. The Kier molecular flexibility index (Phi) is 5.15. The van der Waals surface area contributed by atoms with Crippen molar-refractivity contribution in [3.8, 4) is 0 Å². The summed E-state index contributed by atoms with van der Waals surface area (Å²) >= 11 is 0. The Morgan fingerprint density at radius 1 is 1.36 bits per heavy atom. The highest BCUT2D eigenvalue weighted by atomic mass is 16.1. The number of hydrogen-bond acceptors (Lipinski definition) is 2. The molecule has 22 heavy (non-hydrogen) atoms. The third kappa shape index (κ3) is 3.85. The lowest BCUT2D eigenvalue weighted by molar-refractivity contribution is -0.120. The Bertz CT molecular complexity index is 744. The molecule has 2 rings (SSSR count). The summed E-state index contributed by atoms with van der Waals surface area (Å²) in [7, 11) is 0. The van der Waals surface area contributed by atoms with E-state index in [1.165, 1.54) is 5.56 Å². The van der Waals surface area contributed by atoms with E-state index >= 15 is 0 Å². The summed E-state index contributed by atoms with van der Waals surface area (Å²) in [4.78, 5) is 26.6. The van der Waals surface area contributed by atoms with E-state index in [0.29, 0.717) is 30.9 Å². The maximum absolute atomic E-state index is 12.1. The van der Waals surface area contributed by atoms with Gasteiger partial charge in [-0.2, -0.15) is 0 Å². The zero-order chi connectivity index (χ0) is 16.1. The molecule has 1 aromatic heterocycles. The van der Waals surface area contributed by atoms with Gasteiger partial charge in [-0.1, -0.05) is 26.0 Å². The lowest BCUT2D eigenvalue weighted by Crippen LogP contribution is -2.24. The van der Waals surface area contributed by atoms with Crippen molar-refractivity contribution in [1.82, 2.24) is 10.3 Å². The number of H-pyrrole nitrogens is 1. The highest BCUT2D eigenvalue weighted by Crippen LogP contribution is 2.20. The number of aryl methyl sites for hydroxylation is 1. The predicted molar refractivity (Wildman–Crippen MR) is 90.2 cm³/mol. The van der Waals surface area contributed by atoms with E-state index in [4.69, 9.17) is 0 Å². The quantitative estimate of drug-likeness (QED) is 0.806. The summed E-state index contributed by atoms with van der Waals surface area (Å²) < 4.78 is 0. The van der Waals surface area contributed by atoms with Crippen molar-refractivity contribution in [2.45, 2.75) is 32.6 Å². The minimum Gasteiger partial charge on any atom is -0.353 e. The maximum Gasteiger partial charge on any atom is 0.251 e. The van der Waals surface area contributed by atoms with Crippen LogP contribution in [0.1, 0.15) is 37.3 Å². The number of fused-ring (bicyclic) bond motifs is 1. The number of amides is 1. The fourth-order valence-electron chi connectivity index (χ4n) is 2.34. The number of hydrogen-bond donors (Lipinski definition) is 2. The molecule has 0 aliphatic rings. The van der Waals surface area contributed by atoms with Gasteiger partial charge in [-0.3, -0.25) is 9.59 Å². The van der Waals surface area contributed by atoms with Crippen LogP contribution in [0.25, 0.3) is 10.9 Å². The van der Waals surface area contributed by atoms with Crippen LogP contribution in [0, 0.1) is 0 Å². The monoisotopic (exact) mass is 298 g/mol. The van der Waals surface area contributed by atoms with Gasteiger partial charge in [0.25, 0.3) is 5.56 Å². The molecule has 0 aliphatic carbocycles. The highest BCUT2D eigenvalue weighted by molar-refractivity contribution is 5.80. The van der Waals surface area contributed by atoms with Crippen LogP contribution in [0.3, 0.4) is 0 Å². The van der Waals surface area contributed by atoms with Crippen LogP contribution in [-0.4, -0.2) is 17.4 Å². The summed E-state index contributed by atoms with van der Waals surface area (Å²) in [5.74, 6) is 0.361. The molecule has 0 atom stereocenters. The van der Waals surface area contributed by atoms with Crippen molar-refractivity contribution in [1.29, 1.82) is 0 Å². The van der Waals surface area contributed by atoms with Crippen molar-refractivity contribution in [2.24, 2.45) is 0 Å². The highest BCUT2D eigenvalue weighted by Gasteiger charge is 2.07. The average Bonchev–Trinajstić information content (AvgIpc) is 2.50. The Labute approximate surface area is 130 Å². The average molecular weight is 298 g/mol. The zero-order valence-electron chi connectivity index (χ0n) is 13.1. The Balaban J connectivity index is 2.22. The molecule has 4 nitrogen and oxygen atoms in total. The molecule has 0 spiro atoms. The Morgan fingerprint density at radius 3 is 2.82 bits per heavy atom. The maximum atomic E-state index is 12.1. The van der Waals surface area contributed by atoms with E-state index in [0.717, 1.165) is 10.9 Å². The first-order valence-electron chi connectivity index (χ1n) is 7.54. The van der Waals surface area contributed by atoms with E-state index in [1.807, 2.05) is 18.2 Å². The van der Waals surface area contributed by atoms with Gasteiger partial charge in [0.15, 0.2) is 0 Å². The molecule has 0 saturated carbocycles. The van der Waals surface area contributed by atoms with Gasteiger partial charge in [-0.15, -0.1) is 6.58 Å². The number of aromatic amines is 1. The minimum atomic E-state index is -0.124. The first kappa shape index (κ1) is 16.0. The van der Waals surface area contributed by atoms with Gasteiger partial charge >= 0.3 is 0 Å². The summed E-state index contributed by atoms with van der Waals surface area (Å²) in [5.41, 5.74) is 2.58. The van der Waals surface area contributed by atoms with E-state index in [9.17, 15) is 9.59 Å². The van der Waals surface area contributed by atoms with Crippen LogP contribution in [-0.2, 0) is 11.2 Å². The summed E-state index contributed by atoms with van der Waals surface area (Å²) in [6.07, 6.45) is 2.36. The summed E-state index contributed by atoms with van der Waals surface area (Å²) in [6.45, 7) is 8.27. The van der Waals surface area contributed by atoms with E-state index in [-0.39, 0.29) is 11.5 Å². The Hall–Kier alpha value is -2.36. The van der Waals surface area contributed by atoms with Crippen molar-refractivity contribution in [3.05, 3.63) is 58.4 Å². The molecular weight excluding hydrogens is 276 g/mol. The number of rotatable bonds is 6. The zero-order valence-corrected chi connectivity index (χ0v) is 13.1. The van der Waals surface area contributed by atoms with Crippen LogP contribution in [0.5, 0.6) is 0 Å². The van der Waals surface area contributed by atoms with Gasteiger partial charge in [0.05, 0.1) is 0 Å². The topological polar surface area (TPSA) is 62.0 Å². The third-order valence-electron chi connectivity index (χ3n) is 3.68. The van der Waals surface area contributed by atoms with Crippen molar-refractivity contribution < 1.29 is 4.79 Å². The molecule has 116 valence electrons. The van der Waals surface area contributed by atoms with Gasteiger partial charge in [-0.05, 0) is 41.5 Å². The minimum absolute atomic E-state index is 0.0738. The molecule has 2 N–H and O–H groups in total. The van der Waals surface area contributed by atoms with Gasteiger partial charge in [0.1, 0.15) is 0 Å². The van der Waals surface area contributed by atoms with Crippen LogP contribution >= 0.6 is 0 Å². The second-order valence-electron chi connectivity index (χ2n) is 5.72. The lowest BCUT2D eigenvalue weighted by atomic mass is 10.00. The largest absolute Gasteiger partial charge is 0.353 e. The molecule has 0 unspecified atom stereocenters. The normalized spacial score (nSPS) is 10.9. The van der Waals surface area contributed by atoms with E-state index in [2.05, 4.69) is 36.8 Å². The first-order chi connectivity index (χ1) is 10.5. The van der Waals surface area contributed by atoms with Crippen molar-refractivity contribution in [3.63, 3.8) is 0 Å². The third-order valence-corrected chi connectivity index (χ3v) is 3.68. The van der Waals surface area contributed by atoms with E-state index in [1.54, 1.807) is 6.08 Å². The van der Waals surface area contributed by atoms with Crippen LogP contribution in [0.4, 0.5) is 0 Å². The summed E-state index contributed by atoms with van der Waals surface area (Å²) in [6, 6.07) is 7.95. The molecule has 0 fully saturated rings. The molecular formula is C18H22N2O2. The molecule has 1 amide bonds. The molecule has 0 aliphatic heterocycles. The van der Waals surface area contributed by atoms with Crippen molar-refractivity contribution >= 4 is 16.8 Å². The standard InChI is InChI=1S/C18H22N2O2/c1-4-9-19-17(21)8-6-14-11-15-10-13(12(2)3)5-7-16(15)20-18(14)22/h4-5,7,10-12H,1,6,8-9H2,2-3H3,(H,19,21)(H,20,22). The van der Waals surface area contributed by atoms with Gasteiger partial charge in [-0.25, -0.2) is 0 Å². The SMILES string of the molecule is C=CCNC(=O)CCc1cc2cc(C(C)C)ccc2[nH]c1=O. The molecule has 0 bridgehead atoms. The molecule has 1 aromatic carbocycles. The molecule has 1 heterocycles.